The van der Waals surface area contributed by atoms with Crippen molar-refractivity contribution >= 4 is 17.4 Å². The highest BCUT2D eigenvalue weighted by Gasteiger charge is 2.40. The number of allylic oxidation sites excluding steroid dienone is 4. The predicted octanol–water partition coefficient (Wildman–Crippen LogP) is 3.40. The molecule has 1 aliphatic heterocycles. The maximum atomic E-state index is 12.6. The summed E-state index contributed by atoms with van der Waals surface area (Å²) in [7, 11) is 1.58. The van der Waals surface area contributed by atoms with Crippen LogP contribution >= 0.6 is 0 Å². The molecule has 4 N–H and O–H groups in total. The highest BCUT2D eigenvalue weighted by Crippen LogP contribution is 2.34. The van der Waals surface area contributed by atoms with E-state index in [-0.39, 0.29) is 42.7 Å². The first kappa shape index (κ1) is 23.0. The van der Waals surface area contributed by atoms with Gasteiger partial charge < -0.3 is 25.6 Å². The van der Waals surface area contributed by atoms with Crippen molar-refractivity contribution in [2.45, 2.75) is 64.5 Å². The number of aliphatic hydroxyl groups excluding tert-OH is 1. The number of methoxy groups -OCH3 is 1. The van der Waals surface area contributed by atoms with Crippen molar-refractivity contribution in [2.75, 3.05) is 19.0 Å². The Labute approximate surface area is 183 Å². The van der Waals surface area contributed by atoms with Crippen LogP contribution in [0.5, 0.6) is 0 Å². The smallest absolute Gasteiger partial charge is 0.255 e. The number of Topliss-reactive ketones (excluding diaryl/α,β-unsaturated/α-hetero) is 1. The van der Waals surface area contributed by atoms with E-state index in [2.05, 4.69) is 31.4 Å². The summed E-state index contributed by atoms with van der Waals surface area (Å²) >= 11 is 0. The van der Waals surface area contributed by atoms with Gasteiger partial charge in [0.25, 0.3) is 5.91 Å². The fourth-order valence-electron chi connectivity index (χ4n) is 4.05. The summed E-state index contributed by atoms with van der Waals surface area (Å²) in [5, 5.41) is 27.1. The number of nitrogens with one attached hydrogen (secondary N) is 2. The Morgan fingerprint density at radius 3 is 2.65 bits per heavy atom. The summed E-state index contributed by atoms with van der Waals surface area (Å²) < 4.78 is 5.34. The number of carbonyl (C=O) groups is 2. The Hall–Kier alpha value is -2.64. The van der Waals surface area contributed by atoms with E-state index < -0.39 is 11.5 Å². The number of aliphatic hydroxyl groups is 2. The molecule has 31 heavy (non-hydrogen) atoms. The number of fused-ring (bicyclic) bond motifs is 1. The summed E-state index contributed by atoms with van der Waals surface area (Å²) in [5.41, 5.74) is 3.63. The Kier molecular flexibility index (Phi) is 6.86. The molecule has 1 aliphatic carbocycles. The minimum atomic E-state index is -1.06. The SMILES string of the molecule is COCC(O)(CCC(C)=C(C)C)C1Cc2cc(C(=O)NC3=C(O)CCC3=O)ccc2N1. The van der Waals surface area contributed by atoms with E-state index in [1.165, 1.54) is 11.1 Å². The van der Waals surface area contributed by atoms with Crippen molar-refractivity contribution in [1.29, 1.82) is 0 Å². The monoisotopic (exact) mass is 428 g/mol. The summed E-state index contributed by atoms with van der Waals surface area (Å²) in [4.78, 5) is 24.4. The lowest BCUT2D eigenvalue weighted by molar-refractivity contribution is -0.115. The lowest BCUT2D eigenvalue weighted by Crippen LogP contribution is -2.49. The number of carbonyl (C=O) groups excluding carboxylic acids is 2. The van der Waals surface area contributed by atoms with Crippen molar-refractivity contribution in [3.63, 3.8) is 0 Å². The molecule has 0 aromatic heterocycles. The van der Waals surface area contributed by atoms with Gasteiger partial charge in [-0.1, -0.05) is 11.1 Å². The van der Waals surface area contributed by atoms with Crippen LogP contribution in [0.1, 0.15) is 62.4 Å². The first-order chi connectivity index (χ1) is 14.6. The van der Waals surface area contributed by atoms with Gasteiger partial charge in [0.05, 0.1) is 12.6 Å². The Bertz CT molecular complexity index is 945. The molecular weight excluding hydrogens is 396 g/mol. The van der Waals surface area contributed by atoms with Gasteiger partial charge in [-0.2, -0.15) is 0 Å². The van der Waals surface area contributed by atoms with Crippen LogP contribution in [0.25, 0.3) is 0 Å². The van der Waals surface area contributed by atoms with E-state index in [4.69, 9.17) is 4.74 Å². The van der Waals surface area contributed by atoms with Crippen molar-refractivity contribution in [3.8, 4) is 0 Å². The molecule has 3 rings (SSSR count). The lowest BCUT2D eigenvalue weighted by atomic mass is 9.86. The van der Waals surface area contributed by atoms with Gasteiger partial charge in [-0.3, -0.25) is 9.59 Å². The van der Waals surface area contributed by atoms with E-state index >= 15 is 0 Å². The molecular formula is C24H32N2O5. The number of hydrogen-bond acceptors (Lipinski definition) is 6. The zero-order valence-electron chi connectivity index (χ0n) is 18.7. The van der Waals surface area contributed by atoms with Gasteiger partial charge in [0, 0.05) is 31.2 Å². The Balaban J connectivity index is 1.74. The molecule has 1 amide bonds. The minimum absolute atomic E-state index is 0.00869. The van der Waals surface area contributed by atoms with Crippen LogP contribution in [0.2, 0.25) is 0 Å². The van der Waals surface area contributed by atoms with Crippen LogP contribution in [0.3, 0.4) is 0 Å². The topological polar surface area (TPSA) is 108 Å². The van der Waals surface area contributed by atoms with Crippen molar-refractivity contribution < 1.29 is 24.5 Å². The largest absolute Gasteiger partial charge is 0.510 e. The van der Waals surface area contributed by atoms with Gasteiger partial charge in [0.2, 0.25) is 0 Å². The molecule has 7 heteroatoms. The van der Waals surface area contributed by atoms with Gasteiger partial charge in [0.15, 0.2) is 5.78 Å². The normalized spacial score (nSPS) is 19.6. The molecule has 0 saturated carbocycles. The highest BCUT2D eigenvalue weighted by atomic mass is 16.5. The number of anilines is 1. The highest BCUT2D eigenvalue weighted by molar-refractivity contribution is 6.05. The van der Waals surface area contributed by atoms with E-state index in [0.29, 0.717) is 18.4 Å². The van der Waals surface area contributed by atoms with Crippen molar-refractivity contribution in [3.05, 3.63) is 51.9 Å². The molecule has 0 spiro atoms. The van der Waals surface area contributed by atoms with Crippen LogP contribution < -0.4 is 10.6 Å². The van der Waals surface area contributed by atoms with Crippen molar-refractivity contribution in [1.82, 2.24) is 5.32 Å². The van der Waals surface area contributed by atoms with E-state index in [1.807, 2.05) is 6.07 Å². The third-order valence-electron chi connectivity index (χ3n) is 6.35. The van der Waals surface area contributed by atoms with Crippen LogP contribution in [-0.4, -0.2) is 47.3 Å². The van der Waals surface area contributed by atoms with Gasteiger partial charge in [0.1, 0.15) is 17.1 Å². The number of benzene rings is 1. The molecule has 2 atom stereocenters. The quantitative estimate of drug-likeness (QED) is 0.473. The fourth-order valence-corrected chi connectivity index (χ4v) is 4.05. The third-order valence-corrected chi connectivity index (χ3v) is 6.35. The molecule has 7 nitrogen and oxygen atoms in total. The van der Waals surface area contributed by atoms with Gasteiger partial charge in [-0.25, -0.2) is 0 Å². The third kappa shape index (κ3) is 4.99. The molecule has 0 radical (unpaired) electrons. The first-order valence-electron chi connectivity index (χ1n) is 10.6. The number of ether oxygens (including phenoxy) is 1. The van der Waals surface area contributed by atoms with Gasteiger partial charge >= 0.3 is 0 Å². The van der Waals surface area contributed by atoms with E-state index in [0.717, 1.165) is 17.7 Å². The Morgan fingerprint density at radius 1 is 1.29 bits per heavy atom. The summed E-state index contributed by atoms with van der Waals surface area (Å²) in [6.45, 7) is 6.41. The van der Waals surface area contributed by atoms with Crippen molar-refractivity contribution in [2.24, 2.45) is 0 Å². The number of amides is 1. The van der Waals surface area contributed by atoms with E-state index in [1.54, 1.807) is 19.2 Å². The van der Waals surface area contributed by atoms with Crippen LogP contribution in [0, 0.1) is 0 Å². The summed E-state index contributed by atoms with van der Waals surface area (Å²) in [6, 6.07) is 5.00. The Morgan fingerprint density at radius 2 is 2.03 bits per heavy atom. The van der Waals surface area contributed by atoms with Gasteiger partial charge in [-0.05, 0) is 63.8 Å². The molecule has 0 bridgehead atoms. The predicted molar refractivity (Wildman–Crippen MR) is 119 cm³/mol. The fraction of sp³-hybridized carbons (Fsp3) is 0.500. The summed E-state index contributed by atoms with van der Waals surface area (Å²) in [6.07, 6.45) is 2.36. The molecule has 1 heterocycles. The minimum Gasteiger partial charge on any atom is -0.510 e. The second-order valence-electron chi connectivity index (χ2n) is 8.79. The summed E-state index contributed by atoms with van der Waals surface area (Å²) in [5.74, 6) is -0.767. The molecule has 168 valence electrons. The van der Waals surface area contributed by atoms with E-state index in [9.17, 15) is 19.8 Å². The molecule has 2 unspecified atom stereocenters. The molecule has 0 fully saturated rings. The van der Waals surface area contributed by atoms with Crippen LogP contribution in [0.4, 0.5) is 5.69 Å². The molecule has 1 aromatic rings. The number of rotatable bonds is 8. The number of ketones is 1. The van der Waals surface area contributed by atoms with Crippen LogP contribution in [-0.2, 0) is 16.0 Å². The average Bonchev–Trinajstić information content (AvgIpc) is 3.30. The maximum Gasteiger partial charge on any atom is 0.255 e. The zero-order valence-corrected chi connectivity index (χ0v) is 18.7. The average molecular weight is 429 g/mol. The first-order valence-corrected chi connectivity index (χ1v) is 10.6. The standard InChI is InChI=1S/C24H32N2O5/c1-14(2)15(3)9-10-24(30,13-31-4)21-12-17-11-16(5-6-18(17)25-21)23(29)26-22-19(27)7-8-20(22)28/h5-6,11,21,25,27,30H,7-10,12-13H2,1-4H3,(H,26,29). The zero-order chi connectivity index (χ0) is 22.8. The van der Waals surface area contributed by atoms with Gasteiger partial charge in [-0.15, -0.1) is 0 Å². The number of hydrogen-bond donors (Lipinski definition) is 4. The second-order valence-corrected chi connectivity index (χ2v) is 8.79. The molecule has 2 aliphatic rings. The molecule has 0 saturated heterocycles. The van der Waals surface area contributed by atoms with Crippen LogP contribution in [0.15, 0.2) is 40.8 Å². The lowest BCUT2D eigenvalue weighted by Gasteiger charge is -2.34. The molecule has 1 aromatic carbocycles. The second kappa shape index (κ2) is 9.24. The maximum absolute atomic E-state index is 12.6.